The van der Waals surface area contributed by atoms with Crippen molar-refractivity contribution in [3.8, 4) is 0 Å². The third-order valence-corrected chi connectivity index (χ3v) is 4.41. The molecule has 21 heavy (non-hydrogen) atoms. The predicted molar refractivity (Wildman–Crippen MR) is 85.7 cm³/mol. The van der Waals surface area contributed by atoms with Crippen LogP contribution in [0.2, 0.25) is 0 Å². The van der Waals surface area contributed by atoms with E-state index < -0.39 is 5.97 Å². The number of amidine groups is 1. The first-order valence-corrected chi connectivity index (χ1v) is 8.45. The number of aliphatic imine (C=N–C) groups is 1. The number of carbonyl (C=O) groups excluding carboxylic acids is 1. The lowest BCUT2D eigenvalue weighted by atomic mass is 10.2. The molecule has 0 bridgehead atoms. The molecular formula is C16H21N2O2S-. The van der Waals surface area contributed by atoms with E-state index in [1.807, 2.05) is 30.3 Å². The third-order valence-electron chi connectivity index (χ3n) is 3.39. The van der Waals surface area contributed by atoms with Crippen molar-refractivity contribution in [1.29, 1.82) is 0 Å². The fourth-order valence-corrected chi connectivity index (χ4v) is 3.28. The average Bonchev–Trinajstić information content (AvgIpc) is 2.76. The minimum Gasteiger partial charge on any atom is -0.550 e. The molecular weight excluding hydrogens is 284 g/mol. The second-order valence-electron chi connectivity index (χ2n) is 5.10. The van der Waals surface area contributed by atoms with Crippen LogP contribution in [0.3, 0.4) is 0 Å². The number of hydrogen-bond acceptors (Lipinski definition) is 4. The molecule has 4 nitrogen and oxygen atoms in total. The minimum absolute atomic E-state index is 0.0618. The van der Waals surface area contributed by atoms with Gasteiger partial charge in [-0.2, -0.15) is 0 Å². The molecule has 0 N–H and O–H groups in total. The number of nitrogens with zero attached hydrogens (tertiary/aromatic N) is 2. The van der Waals surface area contributed by atoms with Gasteiger partial charge in [0.2, 0.25) is 0 Å². The van der Waals surface area contributed by atoms with Crippen molar-refractivity contribution in [1.82, 2.24) is 4.90 Å². The van der Waals surface area contributed by atoms with Gasteiger partial charge in [0.05, 0.1) is 5.69 Å². The fourth-order valence-electron chi connectivity index (χ4n) is 2.29. The van der Waals surface area contributed by atoms with Crippen LogP contribution in [0.1, 0.15) is 32.1 Å². The number of rotatable bonds is 4. The zero-order valence-corrected chi connectivity index (χ0v) is 13.0. The largest absolute Gasteiger partial charge is 0.550 e. The highest BCUT2D eigenvalue weighted by Gasteiger charge is 2.14. The second kappa shape index (κ2) is 8.72. The van der Waals surface area contributed by atoms with Gasteiger partial charge >= 0.3 is 0 Å². The number of likely N-dealkylation sites (tertiary alicyclic amines) is 1. The van der Waals surface area contributed by atoms with E-state index in [2.05, 4.69) is 4.90 Å². The minimum atomic E-state index is -1.00. The monoisotopic (exact) mass is 305 g/mol. The number of thioether (sulfide) groups is 1. The van der Waals surface area contributed by atoms with Crippen LogP contribution in [0.15, 0.2) is 35.3 Å². The van der Waals surface area contributed by atoms with E-state index >= 15 is 0 Å². The van der Waals surface area contributed by atoms with E-state index in [0.29, 0.717) is 5.75 Å². The average molecular weight is 305 g/mol. The number of para-hydroxylation sites is 1. The highest BCUT2D eigenvalue weighted by molar-refractivity contribution is 8.13. The van der Waals surface area contributed by atoms with Gasteiger partial charge < -0.3 is 14.8 Å². The molecule has 1 aliphatic rings. The maximum absolute atomic E-state index is 10.6. The van der Waals surface area contributed by atoms with Crippen LogP contribution in [0, 0.1) is 0 Å². The van der Waals surface area contributed by atoms with E-state index in [0.717, 1.165) is 23.9 Å². The third kappa shape index (κ3) is 5.79. The molecule has 0 atom stereocenters. The number of aliphatic carboxylic acids is 1. The summed E-state index contributed by atoms with van der Waals surface area (Å²) in [6.45, 7) is 2.01. The van der Waals surface area contributed by atoms with Crippen LogP contribution in [-0.2, 0) is 4.79 Å². The smallest absolute Gasteiger partial charge is 0.164 e. The Balaban J connectivity index is 2.08. The van der Waals surface area contributed by atoms with Gasteiger partial charge in [-0.1, -0.05) is 42.8 Å². The molecule has 1 heterocycles. The summed E-state index contributed by atoms with van der Waals surface area (Å²) in [4.78, 5) is 17.6. The lowest BCUT2D eigenvalue weighted by Gasteiger charge is -2.24. The SMILES string of the molecule is O=C([O-])CCSC(=Nc1ccccc1)N1CCCCCC1. The maximum atomic E-state index is 10.6. The molecule has 0 unspecified atom stereocenters. The number of hydrogen-bond donors (Lipinski definition) is 0. The molecule has 1 aromatic carbocycles. The zero-order valence-electron chi connectivity index (χ0n) is 12.2. The first kappa shape index (κ1) is 15.9. The van der Waals surface area contributed by atoms with E-state index in [-0.39, 0.29) is 6.42 Å². The van der Waals surface area contributed by atoms with Crippen molar-refractivity contribution >= 4 is 28.6 Å². The second-order valence-corrected chi connectivity index (χ2v) is 6.16. The summed E-state index contributed by atoms with van der Waals surface area (Å²) in [5, 5.41) is 11.5. The van der Waals surface area contributed by atoms with Crippen molar-refractivity contribution in [2.75, 3.05) is 18.8 Å². The Labute approximate surface area is 130 Å². The molecule has 5 heteroatoms. The van der Waals surface area contributed by atoms with Crippen LogP contribution < -0.4 is 5.11 Å². The van der Waals surface area contributed by atoms with E-state index in [1.165, 1.54) is 37.4 Å². The van der Waals surface area contributed by atoms with E-state index in [1.54, 1.807) is 0 Å². The Kier molecular flexibility index (Phi) is 6.60. The summed E-state index contributed by atoms with van der Waals surface area (Å²) in [6, 6.07) is 9.83. The molecule has 1 aliphatic heterocycles. The van der Waals surface area contributed by atoms with Gasteiger partial charge in [-0.3, -0.25) is 0 Å². The summed E-state index contributed by atoms with van der Waals surface area (Å²) in [7, 11) is 0. The van der Waals surface area contributed by atoms with Crippen molar-refractivity contribution < 1.29 is 9.90 Å². The molecule has 0 aromatic heterocycles. The van der Waals surface area contributed by atoms with Crippen molar-refractivity contribution in [2.24, 2.45) is 4.99 Å². The highest BCUT2D eigenvalue weighted by Crippen LogP contribution is 2.21. The Morgan fingerprint density at radius 2 is 1.81 bits per heavy atom. The van der Waals surface area contributed by atoms with Crippen LogP contribution in [0.4, 0.5) is 5.69 Å². The van der Waals surface area contributed by atoms with Gasteiger partial charge in [-0.05, 0) is 31.4 Å². The standard InChI is InChI=1S/C16H22N2O2S/c19-15(20)10-13-21-16(17-14-8-4-3-5-9-14)18-11-6-1-2-7-12-18/h3-5,8-9H,1-2,6-7,10-13H2,(H,19,20)/p-1. The number of carboxylic acids is 1. The van der Waals surface area contributed by atoms with Crippen LogP contribution in [0.25, 0.3) is 0 Å². The van der Waals surface area contributed by atoms with Crippen molar-refractivity contribution in [3.63, 3.8) is 0 Å². The summed E-state index contributed by atoms with van der Waals surface area (Å²) in [6.07, 6.45) is 4.94. The van der Waals surface area contributed by atoms with Gasteiger partial charge in [0.25, 0.3) is 0 Å². The topological polar surface area (TPSA) is 55.7 Å². The molecule has 1 aromatic rings. The molecule has 2 rings (SSSR count). The van der Waals surface area contributed by atoms with Crippen LogP contribution in [0.5, 0.6) is 0 Å². The normalized spacial score (nSPS) is 16.6. The van der Waals surface area contributed by atoms with Crippen LogP contribution >= 0.6 is 11.8 Å². The molecule has 0 amide bonds. The number of carboxylic acid groups (broad SMARTS) is 1. The Hall–Kier alpha value is -1.49. The lowest BCUT2D eigenvalue weighted by molar-refractivity contribution is -0.305. The molecule has 1 saturated heterocycles. The number of carbonyl (C=O) groups is 1. The van der Waals surface area contributed by atoms with Gasteiger partial charge in [-0.15, -0.1) is 0 Å². The molecule has 0 radical (unpaired) electrons. The number of benzene rings is 1. The van der Waals surface area contributed by atoms with Gasteiger partial charge in [-0.25, -0.2) is 4.99 Å². The predicted octanol–water partition coefficient (Wildman–Crippen LogP) is 2.42. The highest BCUT2D eigenvalue weighted by atomic mass is 32.2. The Morgan fingerprint density at radius 3 is 2.43 bits per heavy atom. The van der Waals surface area contributed by atoms with E-state index in [4.69, 9.17) is 4.99 Å². The molecule has 114 valence electrons. The van der Waals surface area contributed by atoms with Crippen molar-refractivity contribution in [2.45, 2.75) is 32.1 Å². The zero-order chi connectivity index (χ0) is 14.9. The molecule has 0 spiro atoms. The first-order chi connectivity index (χ1) is 10.3. The van der Waals surface area contributed by atoms with Crippen LogP contribution in [-0.4, -0.2) is 34.9 Å². The van der Waals surface area contributed by atoms with Gasteiger partial charge in [0.1, 0.15) is 0 Å². The van der Waals surface area contributed by atoms with Gasteiger partial charge in [0.15, 0.2) is 5.17 Å². The molecule has 1 fully saturated rings. The molecule has 0 aliphatic carbocycles. The maximum Gasteiger partial charge on any atom is 0.164 e. The summed E-state index contributed by atoms with van der Waals surface area (Å²) in [5.74, 6) is -0.498. The quantitative estimate of drug-likeness (QED) is 0.633. The lowest BCUT2D eigenvalue weighted by Crippen LogP contribution is -2.30. The summed E-state index contributed by atoms with van der Waals surface area (Å²) in [5.41, 5.74) is 0.915. The van der Waals surface area contributed by atoms with Crippen molar-refractivity contribution in [3.05, 3.63) is 30.3 Å². The fraction of sp³-hybridized carbons (Fsp3) is 0.500. The first-order valence-electron chi connectivity index (χ1n) is 7.47. The summed E-state index contributed by atoms with van der Waals surface area (Å²) < 4.78 is 0. The van der Waals surface area contributed by atoms with E-state index in [9.17, 15) is 9.90 Å². The Bertz CT molecular complexity index is 468. The summed E-state index contributed by atoms with van der Waals surface area (Å²) >= 11 is 1.52. The molecule has 0 saturated carbocycles. The van der Waals surface area contributed by atoms with Gasteiger partial charge in [0, 0.05) is 24.8 Å². The Morgan fingerprint density at radius 1 is 1.14 bits per heavy atom.